The smallest absolute Gasteiger partial charge is 0.137 e. The molecule has 88 valence electrons. The summed E-state index contributed by atoms with van der Waals surface area (Å²) in [6.07, 6.45) is 4.18. The lowest BCUT2D eigenvalue weighted by atomic mass is 10.0. The molecule has 0 aliphatic carbocycles. The van der Waals surface area contributed by atoms with Gasteiger partial charge in [0.1, 0.15) is 11.6 Å². The van der Waals surface area contributed by atoms with Crippen LogP contribution in [0.15, 0.2) is 22.7 Å². The van der Waals surface area contributed by atoms with E-state index in [9.17, 15) is 9.18 Å². The van der Waals surface area contributed by atoms with Gasteiger partial charge in [-0.25, -0.2) is 4.39 Å². The number of carbonyl (C=O) groups is 1. The van der Waals surface area contributed by atoms with E-state index < -0.39 is 0 Å². The van der Waals surface area contributed by atoms with E-state index in [0.29, 0.717) is 17.3 Å². The average molecular weight is 287 g/mol. The Morgan fingerprint density at radius 3 is 2.75 bits per heavy atom. The van der Waals surface area contributed by atoms with Crippen molar-refractivity contribution in [3.05, 3.63) is 34.1 Å². The maximum atomic E-state index is 12.8. The van der Waals surface area contributed by atoms with Crippen LogP contribution in [0.25, 0.3) is 0 Å². The van der Waals surface area contributed by atoms with Crippen LogP contribution >= 0.6 is 15.9 Å². The summed E-state index contributed by atoms with van der Waals surface area (Å²) in [4.78, 5) is 11.6. The van der Waals surface area contributed by atoms with Crippen molar-refractivity contribution in [2.24, 2.45) is 0 Å². The Balaban J connectivity index is 2.49. The Labute approximate surface area is 104 Å². The first-order valence-corrected chi connectivity index (χ1v) is 6.38. The molecule has 0 fully saturated rings. The zero-order valence-electron chi connectivity index (χ0n) is 9.43. The molecular weight excluding hydrogens is 271 g/mol. The molecular formula is C13H16BrFO. The first-order chi connectivity index (χ1) is 7.63. The van der Waals surface area contributed by atoms with Crippen molar-refractivity contribution in [1.82, 2.24) is 0 Å². The predicted octanol–water partition coefficient (Wildman–Crippen LogP) is 4.28. The summed E-state index contributed by atoms with van der Waals surface area (Å²) in [6, 6.07) is 4.45. The van der Waals surface area contributed by atoms with Crippen LogP contribution < -0.4 is 0 Å². The number of carbonyl (C=O) groups excluding carboxylic acids is 1. The molecule has 1 aromatic carbocycles. The largest absolute Gasteiger partial charge is 0.299 e. The Bertz CT molecular complexity index is 363. The van der Waals surface area contributed by atoms with E-state index in [1.165, 1.54) is 12.1 Å². The van der Waals surface area contributed by atoms with E-state index in [1.54, 1.807) is 6.07 Å². The fourth-order valence-corrected chi connectivity index (χ4v) is 2.03. The SMILES string of the molecule is CCCCCC(=O)Cc1ccc(F)cc1Br. The Kier molecular flexibility index (Phi) is 5.67. The van der Waals surface area contributed by atoms with Crippen LogP contribution in [0.5, 0.6) is 0 Å². The van der Waals surface area contributed by atoms with Crippen molar-refractivity contribution in [2.45, 2.75) is 39.0 Å². The van der Waals surface area contributed by atoms with Crippen molar-refractivity contribution >= 4 is 21.7 Å². The van der Waals surface area contributed by atoms with E-state index in [0.717, 1.165) is 24.8 Å². The van der Waals surface area contributed by atoms with Gasteiger partial charge in [0, 0.05) is 17.3 Å². The minimum Gasteiger partial charge on any atom is -0.299 e. The number of halogens is 2. The number of unbranched alkanes of at least 4 members (excludes halogenated alkanes) is 2. The van der Waals surface area contributed by atoms with Gasteiger partial charge < -0.3 is 0 Å². The van der Waals surface area contributed by atoms with Gasteiger partial charge in [0.2, 0.25) is 0 Å². The van der Waals surface area contributed by atoms with Crippen molar-refractivity contribution in [2.75, 3.05) is 0 Å². The molecule has 0 atom stereocenters. The van der Waals surface area contributed by atoms with Crippen molar-refractivity contribution in [3.8, 4) is 0 Å². The predicted molar refractivity (Wildman–Crippen MR) is 67.0 cm³/mol. The quantitative estimate of drug-likeness (QED) is 0.714. The van der Waals surface area contributed by atoms with Gasteiger partial charge in [0.15, 0.2) is 0 Å². The van der Waals surface area contributed by atoms with Crippen LogP contribution in [-0.4, -0.2) is 5.78 Å². The van der Waals surface area contributed by atoms with Crippen LogP contribution in [0.3, 0.4) is 0 Å². The number of rotatable bonds is 6. The third-order valence-electron chi connectivity index (χ3n) is 2.46. The minimum atomic E-state index is -0.283. The normalized spacial score (nSPS) is 10.4. The highest BCUT2D eigenvalue weighted by atomic mass is 79.9. The number of Topliss-reactive ketones (excluding diaryl/α,β-unsaturated/α-hetero) is 1. The minimum absolute atomic E-state index is 0.223. The van der Waals surface area contributed by atoms with Crippen molar-refractivity contribution < 1.29 is 9.18 Å². The molecule has 0 heterocycles. The first kappa shape index (κ1) is 13.4. The third kappa shape index (κ3) is 4.44. The standard InChI is InChI=1S/C13H16BrFO/c1-2-3-4-5-12(16)8-10-6-7-11(15)9-13(10)14/h6-7,9H,2-5,8H2,1H3. The number of hydrogen-bond donors (Lipinski definition) is 0. The van der Waals surface area contributed by atoms with Gasteiger partial charge in [-0.2, -0.15) is 0 Å². The molecule has 1 nitrogen and oxygen atoms in total. The monoisotopic (exact) mass is 286 g/mol. The summed E-state index contributed by atoms with van der Waals surface area (Å²) in [7, 11) is 0. The molecule has 0 saturated heterocycles. The summed E-state index contributed by atoms with van der Waals surface area (Å²) in [5, 5.41) is 0. The molecule has 1 rings (SSSR count). The molecule has 16 heavy (non-hydrogen) atoms. The van der Waals surface area contributed by atoms with E-state index in [-0.39, 0.29) is 11.6 Å². The molecule has 0 saturated carbocycles. The summed E-state index contributed by atoms with van der Waals surface area (Å²) in [5.74, 6) is -0.0604. The van der Waals surface area contributed by atoms with E-state index in [1.807, 2.05) is 0 Å². The van der Waals surface area contributed by atoms with Gasteiger partial charge in [0.05, 0.1) is 0 Å². The molecule has 1 aromatic rings. The number of hydrogen-bond acceptors (Lipinski definition) is 1. The van der Waals surface area contributed by atoms with Crippen molar-refractivity contribution in [1.29, 1.82) is 0 Å². The van der Waals surface area contributed by atoms with E-state index >= 15 is 0 Å². The topological polar surface area (TPSA) is 17.1 Å². The van der Waals surface area contributed by atoms with E-state index in [4.69, 9.17) is 0 Å². The molecule has 0 amide bonds. The van der Waals surface area contributed by atoms with Crippen LogP contribution in [0, 0.1) is 5.82 Å². The second kappa shape index (κ2) is 6.79. The molecule has 0 aliphatic rings. The Morgan fingerprint density at radius 1 is 1.38 bits per heavy atom. The van der Waals surface area contributed by atoms with Gasteiger partial charge in [-0.1, -0.05) is 41.8 Å². The highest BCUT2D eigenvalue weighted by Crippen LogP contribution is 2.19. The highest BCUT2D eigenvalue weighted by molar-refractivity contribution is 9.10. The van der Waals surface area contributed by atoms with Crippen LogP contribution in [-0.2, 0) is 11.2 Å². The zero-order valence-corrected chi connectivity index (χ0v) is 11.0. The number of benzene rings is 1. The average Bonchev–Trinajstić information content (AvgIpc) is 2.23. The van der Waals surface area contributed by atoms with Gasteiger partial charge in [-0.15, -0.1) is 0 Å². The molecule has 0 N–H and O–H groups in total. The highest BCUT2D eigenvalue weighted by Gasteiger charge is 2.07. The molecule has 0 spiro atoms. The van der Waals surface area contributed by atoms with Gasteiger partial charge in [-0.3, -0.25) is 4.79 Å². The van der Waals surface area contributed by atoms with Crippen molar-refractivity contribution in [3.63, 3.8) is 0 Å². The molecule has 3 heteroatoms. The van der Waals surface area contributed by atoms with Crippen LogP contribution in [0.1, 0.15) is 38.2 Å². The van der Waals surface area contributed by atoms with Gasteiger partial charge in [-0.05, 0) is 24.1 Å². The zero-order chi connectivity index (χ0) is 12.0. The summed E-state index contributed by atoms with van der Waals surface area (Å²) in [6.45, 7) is 2.11. The maximum absolute atomic E-state index is 12.8. The second-order valence-corrected chi connectivity index (χ2v) is 4.76. The Morgan fingerprint density at radius 2 is 2.12 bits per heavy atom. The lowest BCUT2D eigenvalue weighted by Gasteiger charge is -2.04. The fraction of sp³-hybridized carbons (Fsp3) is 0.462. The van der Waals surface area contributed by atoms with Crippen LogP contribution in [0.4, 0.5) is 4.39 Å². The third-order valence-corrected chi connectivity index (χ3v) is 3.20. The number of ketones is 1. The van der Waals surface area contributed by atoms with Crippen LogP contribution in [0.2, 0.25) is 0 Å². The second-order valence-electron chi connectivity index (χ2n) is 3.91. The summed E-state index contributed by atoms with van der Waals surface area (Å²) >= 11 is 3.27. The first-order valence-electron chi connectivity index (χ1n) is 5.59. The molecule has 0 radical (unpaired) electrons. The lowest BCUT2D eigenvalue weighted by molar-refractivity contribution is -0.118. The van der Waals surface area contributed by atoms with E-state index in [2.05, 4.69) is 22.9 Å². The van der Waals surface area contributed by atoms with Gasteiger partial charge >= 0.3 is 0 Å². The van der Waals surface area contributed by atoms with Gasteiger partial charge in [0.25, 0.3) is 0 Å². The molecule has 0 bridgehead atoms. The maximum Gasteiger partial charge on any atom is 0.137 e. The lowest BCUT2D eigenvalue weighted by Crippen LogP contribution is -2.03. The summed E-state index contributed by atoms with van der Waals surface area (Å²) in [5.41, 5.74) is 0.864. The Hall–Kier alpha value is -0.700. The fourth-order valence-electron chi connectivity index (χ4n) is 1.54. The molecule has 0 aromatic heterocycles. The molecule has 0 aliphatic heterocycles. The molecule has 0 unspecified atom stereocenters. The summed E-state index contributed by atoms with van der Waals surface area (Å²) < 4.78 is 13.5.